The lowest BCUT2D eigenvalue weighted by Crippen LogP contribution is -2.15. The molecule has 2 heteroatoms. The third-order valence-electron chi connectivity index (χ3n) is 5.45. The summed E-state index contributed by atoms with van der Waals surface area (Å²) in [6.45, 7) is 6.97. The molecular formula is C25H45NO. The summed E-state index contributed by atoms with van der Waals surface area (Å²) in [6, 6.07) is 8.15. The first-order valence-corrected chi connectivity index (χ1v) is 11.6. The molecule has 1 aromatic carbocycles. The maximum Gasteiger partial charge on any atom is 0.0840 e. The number of unbranched alkanes of at least 4 members (excludes halogenated alkanes) is 13. The Morgan fingerprint density at radius 1 is 0.667 bits per heavy atom. The van der Waals surface area contributed by atoms with Crippen molar-refractivity contribution in [1.29, 1.82) is 0 Å². The molecule has 27 heavy (non-hydrogen) atoms. The van der Waals surface area contributed by atoms with Crippen LogP contribution in [0.15, 0.2) is 24.3 Å². The van der Waals surface area contributed by atoms with E-state index in [1.54, 1.807) is 0 Å². The van der Waals surface area contributed by atoms with E-state index < -0.39 is 5.60 Å². The number of aliphatic hydroxyl groups is 1. The zero-order valence-corrected chi connectivity index (χ0v) is 18.4. The predicted octanol–water partition coefficient (Wildman–Crippen LogP) is 7.81. The van der Waals surface area contributed by atoms with E-state index in [0.29, 0.717) is 0 Å². The van der Waals surface area contributed by atoms with Crippen LogP contribution in [0.2, 0.25) is 0 Å². The molecule has 1 rings (SSSR count). The first kappa shape index (κ1) is 24.0. The molecule has 2 nitrogen and oxygen atoms in total. The van der Waals surface area contributed by atoms with Gasteiger partial charge < -0.3 is 10.4 Å². The molecule has 0 unspecified atom stereocenters. The lowest BCUT2D eigenvalue weighted by molar-refractivity contribution is 0.0786. The van der Waals surface area contributed by atoms with E-state index in [1.807, 2.05) is 26.0 Å². The van der Waals surface area contributed by atoms with Crippen molar-refractivity contribution in [2.24, 2.45) is 0 Å². The summed E-state index contributed by atoms with van der Waals surface area (Å²) in [5, 5.41) is 13.5. The van der Waals surface area contributed by atoms with Crippen molar-refractivity contribution in [2.75, 3.05) is 11.9 Å². The number of rotatable bonds is 17. The molecule has 0 aliphatic rings. The Labute approximate surface area is 169 Å². The van der Waals surface area contributed by atoms with Crippen molar-refractivity contribution < 1.29 is 5.11 Å². The van der Waals surface area contributed by atoms with Gasteiger partial charge in [0.15, 0.2) is 0 Å². The zero-order valence-electron chi connectivity index (χ0n) is 18.4. The van der Waals surface area contributed by atoms with Crippen LogP contribution in [-0.2, 0) is 5.60 Å². The molecule has 1 aromatic rings. The summed E-state index contributed by atoms with van der Waals surface area (Å²) >= 11 is 0. The van der Waals surface area contributed by atoms with Gasteiger partial charge in [0.25, 0.3) is 0 Å². The van der Waals surface area contributed by atoms with Gasteiger partial charge in [0, 0.05) is 12.2 Å². The second-order valence-corrected chi connectivity index (χ2v) is 8.66. The minimum absolute atomic E-state index is 0.757. The van der Waals surface area contributed by atoms with Crippen LogP contribution in [0.3, 0.4) is 0 Å². The number of nitrogens with one attached hydrogen (secondary N) is 1. The molecule has 0 saturated heterocycles. The van der Waals surface area contributed by atoms with E-state index >= 15 is 0 Å². The Kier molecular flexibility index (Phi) is 13.3. The molecular weight excluding hydrogens is 330 g/mol. The van der Waals surface area contributed by atoms with Crippen LogP contribution in [0.4, 0.5) is 5.69 Å². The number of hydrogen-bond acceptors (Lipinski definition) is 2. The third kappa shape index (κ3) is 12.9. The van der Waals surface area contributed by atoms with E-state index in [1.165, 1.54) is 89.9 Å². The quantitative estimate of drug-likeness (QED) is 0.272. The Morgan fingerprint density at radius 3 is 1.48 bits per heavy atom. The molecule has 0 aliphatic carbocycles. The monoisotopic (exact) mass is 375 g/mol. The minimum atomic E-state index is -0.757. The number of benzene rings is 1. The SMILES string of the molecule is CCCCCCCCCCCCCCCCNc1ccc(C(C)(C)O)cc1. The molecule has 0 saturated carbocycles. The highest BCUT2D eigenvalue weighted by atomic mass is 16.3. The molecule has 0 fully saturated rings. The fourth-order valence-corrected chi connectivity index (χ4v) is 3.55. The zero-order chi connectivity index (χ0) is 19.8. The first-order chi connectivity index (χ1) is 13.0. The number of anilines is 1. The highest BCUT2D eigenvalue weighted by Gasteiger charge is 2.14. The van der Waals surface area contributed by atoms with Gasteiger partial charge in [-0.2, -0.15) is 0 Å². The summed E-state index contributed by atoms with van der Waals surface area (Å²) in [5.74, 6) is 0. The van der Waals surface area contributed by atoms with E-state index in [-0.39, 0.29) is 0 Å². The maximum absolute atomic E-state index is 9.98. The first-order valence-electron chi connectivity index (χ1n) is 11.6. The fraction of sp³-hybridized carbons (Fsp3) is 0.760. The van der Waals surface area contributed by atoms with E-state index in [9.17, 15) is 5.11 Å². The van der Waals surface area contributed by atoms with Gasteiger partial charge >= 0.3 is 0 Å². The van der Waals surface area contributed by atoms with Crippen molar-refractivity contribution in [2.45, 2.75) is 116 Å². The van der Waals surface area contributed by atoms with E-state index in [0.717, 1.165) is 17.8 Å². The summed E-state index contributed by atoms with van der Waals surface area (Å²) in [7, 11) is 0. The van der Waals surface area contributed by atoms with Crippen molar-refractivity contribution >= 4 is 5.69 Å². The molecule has 0 aromatic heterocycles. The van der Waals surface area contributed by atoms with Gasteiger partial charge in [0.05, 0.1) is 5.60 Å². The highest BCUT2D eigenvalue weighted by Crippen LogP contribution is 2.21. The van der Waals surface area contributed by atoms with E-state index in [4.69, 9.17) is 0 Å². The van der Waals surface area contributed by atoms with Crippen molar-refractivity contribution in [3.8, 4) is 0 Å². The number of hydrogen-bond donors (Lipinski definition) is 2. The topological polar surface area (TPSA) is 32.3 Å². The van der Waals surface area contributed by atoms with Crippen LogP contribution < -0.4 is 5.32 Å². The van der Waals surface area contributed by atoms with Gasteiger partial charge in [0.1, 0.15) is 0 Å². The molecule has 2 N–H and O–H groups in total. The van der Waals surface area contributed by atoms with Crippen LogP contribution in [0, 0.1) is 0 Å². The largest absolute Gasteiger partial charge is 0.386 e. The average molecular weight is 376 g/mol. The Morgan fingerprint density at radius 2 is 1.07 bits per heavy atom. The summed E-state index contributed by atoms with van der Waals surface area (Å²) in [4.78, 5) is 0. The Bertz CT molecular complexity index is 446. The van der Waals surface area contributed by atoms with Crippen LogP contribution in [0.1, 0.15) is 116 Å². The lowest BCUT2D eigenvalue weighted by atomic mass is 9.98. The summed E-state index contributed by atoms with van der Waals surface area (Å²) in [6.07, 6.45) is 19.6. The molecule has 0 bridgehead atoms. The normalized spacial score (nSPS) is 11.7. The van der Waals surface area contributed by atoms with Crippen LogP contribution >= 0.6 is 0 Å². The smallest absolute Gasteiger partial charge is 0.0840 e. The fourth-order valence-electron chi connectivity index (χ4n) is 3.55. The summed E-state index contributed by atoms with van der Waals surface area (Å²) < 4.78 is 0. The molecule has 0 radical (unpaired) electrons. The second kappa shape index (κ2) is 15.0. The van der Waals surface area contributed by atoms with Gasteiger partial charge in [-0.25, -0.2) is 0 Å². The molecule has 156 valence electrons. The van der Waals surface area contributed by atoms with Crippen LogP contribution in [0.25, 0.3) is 0 Å². The summed E-state index contributed by atoms with van der Waals surface area (Å²) in [5.41, 5.74) is 1.36. The van der Waals surface area contributed by atoms with Gasteiger partial charge in [-0.15, -0.1) is 0 Å². The molecule has 0 spiro atoms. The van der Waals surface area contributed by atoms with E-state index in [2.05, 4.69) is 24.4 Å². The average Bonchev–Trinajstić information content (AvgIpc) is 2.64. The standard InChI is InChI=1S/C25H45NO/c1-4-5-6-7-8-9-10-11-12-13-14-15-16-17-22-26-24-20-18-23(19-21-24)25(2,3)27/h18-21,26-27H,4-17,22H2,1-3H3. The van der Waals surface area contributed by atoms with Gasteiger partial charge in [-0.3, -0.25) is 0 Å². The molecule has 0 atom stereocenters. The second-order valence-electron chi connectivity index (χ2n) is 8.66. The Balaban J connectivity index is 1.87. The van der Waals surface area contributed by atoms with Crippen molar-refractivity contribution in [1.82, 2.24) is 0 Å². The predicted molar refractivity (Wildman–Crippen MR) is 120 cm³/mol. The van der Waals surface area contributed by atoms with Gasteiger partial charge in [-0.05, 0) is 38.0 Å². The maximum atomic E-state index is 9.98. The van der Waals surface area contributed by atoms with Gasteiger partial charge in [0.2, 0.25) is 0 Å². The molecule has 0 aliphatic heterocycles. The lowest BCUT2D eigenvalue weighted by Gasteiger charge is -2.18. The van der Waals surface area contributed by atoms with Crippen LogP contribution in [-0.4, -0.2) is 11.7 Å². The third-order valence-corrected chi connectivity index (χ3v) is 5.45. The minimum Gasteiger partial charge on any atom is -0.386 e. The van der Waals surface area contributed by atoms with Gasteiger partial charge in [-0.1, -0.05) is 103 Å². The Hall–Kier alpha value is -1.02. The van der Waals surface area contributed by atoms with Crippen molar-refractivity contribution in [3.63, 3.8) is 0 Å². The molecule has 0 heterocycles. The molecule has 0 amide bonds. The van der Waals surface area contributed by atoms with Crippen molar-refractivity contribution in [3.05, 3.63) is 29.8 Å². The van der Waals surface area contributed by atoms with Crippen LogP contribution in [0.5, 0.6) is 0 Å². The highest BCUT2D eigenvalue weighted by molar-refractivity contribution is 5.45.